The number of fused-ring (bicyclic) bond motifs is 2. The molecule has 0 saturated carbocycles. The maximum absolute atomic E-state index is 12.7. The predicted molar refractivity (Wildman–Crippen MR) is 92.4 cm³/mol. The fourth-order valence-electron chi connectivity index (χ4n) is 4.78. The molecule has 3 saturated heterocycles. The van der Waals surface area contributed by atoms with Gasteiger partial charge in [-0.15, -0.1) is 12.4 Å². The van der Waals surface area contributed by atoms with E-state index in [1.165, 1.54) is 0 Å². The van der Waals surface area contributed by atoms with E-state index in [1.54, 1.807) is 6.92 Å². The van der Waals surface area contributed by atoms with Crippen LogP contribution in [-0.4, -0.2) is 59.9 Å². The Kier molecular flexibility index (Phi) is 4.67. The molecule has 3 fully saturated rings. The molecule has 6 nitrogen and oxygen atoms in total. The Balaban J connectivity index is 0.00000182. The summed E-state index contributed by atoms with van der Waals surface area (Å²) < 4.78 is 17.5. The molecular weight excluding hydrogens is 346 g/mol. The molecular formula is C18H26ClNO5. The number of nitrogens with zero attached hydrogens (tertiary/aromatic N) is 1. The third-order valence-electron chi connectivity index (χ3n) is 6.13. The summed E-state index contributed by atoms with van der Waals surface area (Å²) in [6, 6.07) is 0.0535. The van der Waals surface area contributed by atoms with Crippen molar-refractivity contribution in [3.63, 3.8) is 0 Å². The predicted octanol–water partition coefficient (Wildman–Crippen LogP) is 1.85. The van der Waals surface area contributed by atoms with Gasteiger partial charge >= 0.3 is 11.9 Å². The van der Waals surface area contributed by atoms with E-state index in [0.717, 1.165) is 25.1 Å². The first kappa shape index (κ1) is 18.7. The maximum atomic E-state index is 12.7. The van der Waals surface area contributed by atoms with Crippen molar-refractivity contribution in [2.45, 2.75) is 63.4 Å². The van der Waals surface area contributed by atoms with E-state index in [4.69, 9.17) is 14.2 Å². The molecule has 140 valence electrons. The lowest BCUT2D eigenvalue weighted by Crippen LogP contribution is -2.45. The van der Waals surface area contributed by atoms with Gasteiger partial charge in [0.25, 0.3) is 0 Å². The summed E-state index contributed by atoms with van der Waals surface area (Å²) in [7, 11) is 0. The summed E-state index contributed by atoms with van der Waals surface area (Å²) in [5.74, 6) is -0.584. The second-order valence-corrected chi connectivity index (χ2v) is 8.05. The van der Waals surface area contributed by atoms with E-state index >= 15 is 0 Å². The van der Waals surface area contributed by atoms with Crippen LogP contribution in [0.25, 0.3) is 0 Å². The molecule has 0 N–H and O–H groups in total. The first-order valence-corrected chi connectivity index (χ1v) is 8.81. The molecule has 0 aromatic rings. The molecule has 7 heteroatoms. The molecule has 5 atom stereocenters. The SMILES string of the molecule is C[C@@H]1C[C@]2(C)CC(=O)O[C@@H]3CCN4CC=C(COC(=O)[C@@]1(C)O2)[C@H]34.Cl. The minimum Gasteiger partial charge on any atom is -0.460 e. The van der Waals surface area contributed by atoms with E-state index in [0.29, 0.717) is 6.42 Å². The zero-order chi connectivity index (χ0) is 17.1. The molecule has 4 heterocycles. The summed E-state index contributed by atoms with van der Waals surface area (Å²) in [6.45, 7) is 7.61. The summed E-state index contributed by atoms with van der Waals surface area (Å²) in [6.07, 6.45) is 3.57. The van der Waals surface area contributed by atoms with Crippen molar-refractivity contribution in [3.05, 3.63) is 11.6 Å². The first-order valence-electron chi connectivity index (χ1n) is 8.81. The van der Waals surface area contributed by atoms with Crippen molar-refractivity contribution in [2.75, 3.05) is 19.7 Å². The first-order chi connectivity index (χ1) is 11.3. The van der Waals surface area contributed by atoms with Gasteiger partial charge in [-0.1, -0.05) is 13.0 Å². The lowest BCUT2D eigenvalue weighted by atomic mass is 9.86. The number of esters is 2. The number of carbonyl (C=O) groups excluding carboxylic acids is 2. The van der Waals surface area contributed by atoms with Gasteiger partial charge in [0, 0.05) is 13.1 Å². The highest BCUT2D eigenvalue weighted by Crippen LogP contribution is 2.45. The molecule has 25 heavy (non-hydrogen) atoms. The van der Waals surface area contributed by atoms with Gasteiger partial charge in [-0.25, -0.2) is 4.79 Å². The third-order valence-corrected chi connectivity index (χ3v) is 6.13. The van der Waals surface area contributed by atoms with Gasteiger partial charge in [-0.05, 0) is 38.2 Å². The van der Waals surface area contributed by atoms with Gasteiger partial charge in [0.15, 0.2) is 5.60 Å². The van der Waals surface area contributed by atoms with Crippen LogP contribution in [0.2, 0.25) is 0 Å². The van der Waals surface area contributed by atoms with Crippen LogP contribution in [0.15, 0.2) is 11.6 Å². The molecule has 2 bridgehead atoms. The fraction of sp³-hybridized carbons (Fsp3) is 0.778. The van der Waals surface area contributed by atoms with Gasteiger partial charge in [0.05, 0.1) is 18.1 Å². The lowest BCUT2D eigenvalue weighted by Gasteiger charge is -2.32. The highest BCUT2D eigenvalue weighted by molar-refractivity contribution is 5.85. The highest BCUT2D eigenvalue weighted by atomic mass is 35.5. The monoisotopic (exact) mass is 371 g/mol. The Morgan fingerprint density at radius 3 is 2.80 bits per heavy atom. The van der Waals surface area contributed by atoms with E-state index in [9.17, 15) is 9.59 Å². The van der Waals surface area contributed by atoms with Crippen LogP contribution in [0.4, 0.5) is 0 Å². The normalized spacial score (nSPS) is 44.0. The van der Waals surface area contributed by atoms with Crippen LogP contribution in [0.3, 0.4) is 0 Å². The topological polar surface area (TPSA) is 65.1 Å². The van der Waals surface area contributed by atoms with Crippen molar-refractivity contribution >= 4 is 24.3 Å². The van der Waals surface area contributed by atoms with Crippen molar-refractivity contribution in [2.24, 2.45) is 5.92 Å². The van der Waals surface area contributed by atoms with E-state index in [-0.39, 0.29) is 55.4 Å². The second-order valence-electron chi connectivity index (χ2n) is 8.05. The van der Waals surface area contributed by atoms with Crippen LogP contribution >= 0.6 is 12.4 Å². The zero-order valence-electron chi connectivity index (χ0n) is 14.9. The van der Waals surface area contributed by atoms with Gasteiger partial charge in [-0.2, -0.15) is 0 Å². The summed E-state index contributed by atoms with van der Waals surface area (Å²) >= 11 is 0. The summed E-state index contributed by atoms with van der Waals surface area (Å²) in [5, 5.41) is 0. The van der Waals surface area contributed by atoms with Crippen LogP contribution < -0.4 is 0 Å². The van der Waals surface area contributed by atoms with Crippen LogP contribution in [0.1, 0.15) is 40.0 Å². The third kappa shape index (κ3) is 2.98. The number of halogens is 1. The van der Waals surface area contributed by atoms with Crippen LogP contribution in [0, 0.1) is 5.92 Å². The van der Waals surface area contributed by atoms with Crippen molar-refractivity contribution in [1.82, 2.24) is 4.90 Å². The Morgan fingerprint density at radius 2 is 2.04 bits per heavy atom. The van der Waals surface area contributed by atoms with Crippen molar-refractivity contribution in [3.8, 4) is 0 Å². The minimum absolute atomic E-state index is 0. The molecule has 0 unspecified atom stereocenters. The van der Waals surface area contributed by atoms with Crippen LogP contribution in [0.5, 0.6) is 0 Å². The number of rotatable bonds is 0. The number of cyclic esters (lactones) is 1. The second kappa shape index (κ2) is 6.25. The summed E-state index contributed by atoms with van der Waals surface area (Å²) in [4.78, 5) is 27.5. The van der Waals surface area contributed by atoms with E-state index < -0.39 is 11.2 Å². The molecule has 0 aliphatic carbocycles. The van der Waals surface area contributed by atoms with E-state index in [1.807, 2.05) is 13.8 Å². The van der Waals surface area contributed by atoms with Gasteiger partial charge in [-0.3, -0.25) is 9.69 Å². The van der Waals surface area contributed by atoms with E-state index in [2.05, 4.69) is 11.0 Å². The quantitative estimate of drug-likeness (QED) is 0.478. The number of hydrogen-bond acceptors (Lipinski definition) is 6. The minimum atomic E-state index is -1.01. The van der Waals surface area contributed by atoms with Crippen molar-refractivity contribution in [1.29, 1.82) is 0 Å². The van der Waals surface area contributed by atoms with Crippen LogP contribution in [-0.2, 0) is 23.8 Å². The highest BCUT2D eigenvalue weighted by Gasteiger charge is 2.56. The maximum Gasteiger partial charge on any atom is 0.338 e. The largest absolute Gasteiger partial charge is 0.460 e. The standard InChI is InChI=1S/C18H25NO5.ClH/c1-11-8-17(2)9-14(20)23-13-5-7-19-6-4-12(15(13)19)10-22-16(21)18(11,3)24-17;/h4,11,13,15H,5-10H2,1-3H3;1H/t11-,13-,15-,17-,18+;/m1./s1. The average Bonchev–Trinajstić information content (AvgIpc) is 3.11. The molecule has 4 aliphatic rings. The summed E-state index contributed by atoms with van der Waals surface area (Å²) in [5.41, 5.74) is -0.658. The molecule has 0 spiro atoms. The lowest BCUT2D eigenvalue weighted by molar-refractivity contribution is -0.184. The number of carbonyl (C=O) groups is 2. The number of hydrogen-bond donors (Lipinski definition) is 0. The molecule has 4 aliphatic heterocycles. The Hall–Kier alpha value is -1.11. The Labute approximate surface area is 154 Å². The Bertz CT molecular complexity index is 623. The van der Waals surface area contributed by atoms with Gasteiger partial charge < -0.3 is 14.2 Å². The fourth-order valence-corrected chi connectivity index (χ4v) is 4.78. The smallest absolute Gasteiger partial charge is 0.338 e. The van der Waals surface area contributed by atoms with Gasteiger partial charge in [0.1, 0.15) is 12.7 Å². The Morgan fingerprint density at radius 1 is 1.28 bits per heavy atom. The molecule has 0 radical (unpaired) electrons. The molecule has 4 rings (SSSR count). The number of ether oxygens (including phenoxy) is 3. The van der Waals surface area contributed by atoms with Gasteiger partial charge in [0.2, 0.25) is 0 Å². The molecule has 0 aromatic heterocycles. The molecule has 0 aromatic carbocycles. The van der Waals surface area contributed by atoms with Crippen molar-refractivity contribution < 1.29 is 23.8 Å². The zero-order valence-corrected chi connectivity index (χ0v) is 15.8. The molecule has 0 amide bonds. The average molecular weight is 372 g/mol.